The van der Waals surface area contributed by atoms with Gasteiger partial charge in [0.05, 0.1) is 0 Å². The molecule has 5 nitrogen and oxygen atoms in total. The maximum absolute atomic E-state index is 12.3. The summed E-state index contributed by atoms with van der Waals surface area (Å²) in [6.07, 6.45) is 6.46. The van der Waals surface area contributed by atoms with Crippen LogP contribution in [0.5, 0.6) is 0 Å². The maximum atomic E-state index is 12.3. The van der Waals surface area contributed by atoms with Crippen LogP contribution in [-0.4, -0.2) is 29.8 Å². The summed E-state index contributed by atoms with van der Waals surface area (Å²) in [6.45, 7) is 3.87. The van der Waals surface area contributed by atoms with Crippen LogP contribution in [0.2, 0.25) is 0 Å². The van der Waals surface area contributed by atoms with Crippen molar-refractivity contribution >= 4 is 23.6 Å². The number of benzene rings is 1. The molecular formula is C22H24N2O3. The van der Waals surface area contributed by atoms with Crippen molar-refractivity contribution in [1.29, 1.82) is 0 Å². The standard InChI is InChI=1S/C22H24N2O3/c1-15-14-19(15)20-10-8-18(27-20)9-11-21(25)23-17-6-4-16(5-7-17)22(26)24-12-2-3-13-24/h4-11,15,19H,2-3,12-14H2,1H3,(H,23,25). The molecule has 4 rings (SSSR count). The zero-order valence-electron chi connectivity index (χ0n) is 15.5. The van der Waals surface area contributed by atoms with Gasteiger partial charge in [-0.15, -0.1) is 0 Å². The van der Waals surface area contributed by atoms with Crippen LogP contribution in [-0.2, 0) is 4.79 Å². The third kappa shape index (κ3) is 4.13. The van der Waals surface area contributed by atoms with E-state index in [9.17, 15) is 9.59 Å². The minimum atomic E-state index is -0.230. The van der Waals surface area contributed by atoms with Gasteiger partial charge in [0.15, 0.2) is 0 Å². The molecule has 1 saturated carbocycles. The number of likely N-dealkylation sites (tertiary alicyclic amines) is 1. The normalized spacial score (nSPS) is 21.6. The smallest absolute Gasteiger partial charge is 0.253 e. The average molecular weight is 364 g/mol. The first-order valence-electron chi connectivity index (χ1n) is 9.58. The van der Waals surface area contributed by atoms with Crippen LogP contribution in [0.15, 0.2) is 46.9 Å². The Hall–Kier alpha value is -2.82. The molecule has 0 bridgehead atoms. The number of anilines is 1. The minimum absolute atomic E-state index is 0.0591. The highest BCUT2D eigenvalue weighted by atomic mass is 16.3. The summed E-state index contributed by atoms with van der Waals surface area (Å²) in [5.41, 5.74) is 1.32. The van der Waals surface area contributed by atoms with Crippen molar-refractivity contribution < 1.29 is 14.0 Å². The van der Waals surface area contributed by atoms with E-state index >= 15 is 0 Å². The summed E-state index contributed by atoms with van der Waals surface area (Å²) in [7, 11) is 0. The molecule has 2 aromatic rings. The fourth-order valence-corrected chi connectivity index (χ4v) is 3.52. The number of carbonyl (C=O) groups is 2. The van der Waals surface area contributed by atoms with Crippen molar-refractivity contribution in [3.05, 3.63) is 59.6 Å². The van der Waals surface area contributed by atoms with Gasteiger partial charge in [0.2, 0.25) is 5.91 Å². The molecule has 0 spiro atoms. The molecule has 1 aromatic heterocycles. The van der Waals surface area contributed by atoms with Crippen molar-refractivity contribution in [2.75, 3.05) is 18.4 Å². The fraction of sp³-hybridized carbons (Fsp3) is 0.364. The van der Waals surface area contributed by atoms with Crippen LogP contribution >= 0.6 is 0 Å². The van der Waals surface area contributed by atoms with Gasteiger partial charge in [0.1, 0.15) is 11.5 Å². The highest BCUT2D eigenvalue weighted by Gasteiger charge is 2.36. The average Bonchev–Trinajstić information content (AvgIpc) is 3.11. The number of hydrogen-bond acceptors (Lipinski definition) is 3. The molecule has 2 aliphatic rings. The van der Waals surface area contributed by atoms with Crippen LogP contribution in [0.4, 0.5) is 5.69 Å². The van der Waals surface area contributed by atoms with Gasteiger partial charge in [-0.25, -0.2) is 0 Å². The fourth-order valence-electron chi connectivity index (χ4n) is 3.52. The summed E-state index contributed by atoms with van der Waals surface area (Å²) >= 11 is 0. The Labute approximate surface area is 159 Å². The van der Waals surface area contributed by atoms with E-state index in [1.54, 1.807) is 30.3 Å². The first kappa shape index (κ1) is 17.6. The predicted molar refractivity (Wildman–Crippen MR) is 104 cm³/mol. The van der Waals surface area contributed by atoms with Gasteiger partial charge < -0.3 is 14.6 Å². The second-order valence-corrected chi connectivity index (χ2v) is 7.46. The van der Waals surface area contributed by atoms with Gasteiger partial charge in [-0.05, 0) is 67.7 Å². The van der Waals surface area contributed by atoms with E-state index in [0.717, 1.165) is 31.7 Å². The quantitative estimate of drug-likeness (QED) is 0.805. The lowest BCUT2D eigenvalue weighted by Gasteiger charge is -2.15. The molecule has 2 heterocycles. The molecule has 1 aromatic carbocycles. The summed E-state index contributed by atoms with van der Waals surface area (Å²) < 4.78 is 5.76. The van der Waals surface area contributed by atoms with E-state index in [1.165, 1.54) is 12.5 Å². The van der Waals surface area contributed by atoms with Gasteiger partial charge in [-0.3, -0.25) is 9.59 Å². The Morgan fingerprint density at radius 3 is 2.48 bits per heavy atom. The molecule has 2 fully saturated rings. The molecule has 1 aliphatic carbocycles. The van der Waals surface area contributed by atoms with Gasteiger partial charge in [0, 0.05) is 36.3 Å². The third-order valence-corrected chi connectivity index (χ3v) is 5.31. The first-order chi connectivity index (χ1) is 13.1. The molecule has 0 radical (unpaired) electrons. The molecule has 5 heteroatoms. The Morgan fingerprint density at radius 2 is 1.81 bits per heavy atom. The SMILES string of the molecule is CC1CC1c1ccc(C=CC(=O)Nc2ccc(C(=O)N3CCCC3)cc2)o1. The Bertz CT molecular complexity index is 860. The zero-order chi connectivity index (χ0) is 18.8. The third-order valence-electron chi connectivity index (χ3n) is 5.31. The number of amides is 2. The molecule has 27 heavy (non-hydrogen) atoms. The van der Waals surface area contributed by atoms with Gasteiger partial charge in [0.25, 0.3) is 5.91 Å². The predicted octanol–water partition coefficient (Wildman–Crippen LogP) is 4.29. The highest BCUT2D eigenvalue weighted by molar-refractivity contribution is 6.02. The van der Waals surface area contributed by atoms with Crippen LogP contribution in [0.25, 0.3) is 6.08 Å². The number of hydrogen-bond donors (Lipinski definition) is 1. The van der Waals surface area contributed by atoms with E-state index in [1.807, 2.05) is 17.0 Å². The van der Waals surface area contributed by atoms with Crippen molar-refractivity contribution in [3.8, 4) is 0 Å². The number of carbonyl (C=O) groups excluding carboxylic acids is 2. The van der Waals surface area contributed by atoms with Crippen molar-refractivity contribution in [3.63, 3.8) is 0 Å². The summed E-state index contributed by atoms with van der Waals surface area (Å²) in [4.78, 5) is 26.3. The molecule has 1 saturated heterocycles. The van der Waals surface area contributed by atoms with E-state index in [-0.39, 0.29) is 11.8 Å². The molecule has 140 valence electrons. The van der Waals surface area contributed by atoms with E-state index in [2.05, 4.69) is 12.2 Å². The summed E-state index contributed by atoms with van der Waals surface area (Å²) in [5.74, 6) is 2.74. The molecule has 1 N–H and O–H groups in total. The zero-order valence-corrected chi connectivity index (χ0v) is 15.5. The largest absolute Gasteiger partial charge is 0.461 e. The van der Waals surface area contributed by atoms with Crippen molar-refractivity contribution in [2.24, 2.45) is 5.92 Å². The van der Waals surface area contributed by atoms with Crippen molar-refractivity contribution in [2.45, 2.75) is 32.1 Å². The monoisotopic (exact) mass is 364 g/mol. The number of rotatable bonds is 5. The van der Waals surface area contributed by atoms with Gasteiger partial charge >= 0.3 is 0 Å². The van der Waals surface area contributed by atoms with E-state index < -0.39 is 0 Å². The van der Waals surface area contributed by atoms with Crippen molar-refractivity contribution in [1.82, 2.24) is 4.90 Å². The molecular weight excluding hydrogens is 340 g/mol. The second-order valence-electron chi connectivity index (χ2n) is 7.46. The topological polar surface area (TPSA) is 62.6 Å². The highest BCUT2D eigenvalue weighted by Crippen LogP contribution is 2.47. The lowest BCUT2D eigenvalue weighted by molar-refractivity contribution is -0.111. The van der Waals surface area contributed by atoms with E-state index in [4.69, 9.17) is 4.42 Å². The molecule has 2 amide bonds. The minimum Gasteiger partial charge on any atom is -0.461 e. The lowest BCUT2D eigenvalue weighted by Crippen LogP contribution is -2.27. The molecule has 2 atom stereocenters. The Kier molecular flexibility index (Phi) is 4.84. The summed E-state index contributed by atoms with van der Waals surface area (Å²) in [6, 6.07) is 10.9. The van der Waals surface area contributed by atoms with Gasteiger partial charge in [-0.1, -0.05) is 6.92 Å². The number of nitrogens with zero attached hydrogens (tertiary/aromatic N) is 1. The van der Waals surface area contributed by atoms with Crippen LogP contribution < -0.4 is 5.32 Å². The van der Waals surface area contributed by atoms with Gasteiger partial charge in [-0.2, -0.15) is 0 Å². The van der Waals surface area contributed by atoms with Crippen LogP contribution in [0.3, 0.4) is 0 Å². The van der Waals surface area contributed by atoms with E-state index in [0.29, 0.717) is 28.8 Å². The number of nitrogens with one attached hydrogen (secondary N) is 1. The first-order valence-corrected chi connectivity index (χ1v) is 9.58. The summed E-state index contributed by atoms with van der Waals surface area (Å²) in [5, 5.41) is 2.80. The van der Waals surface area contributed by atoms with Crippen LogP contribution in [0, 0.1) is 5.92 Å². The molecule has 2 unspecified atom stereocenters. The lowest BCUT2D eigenvalue weighted by atomic mass is 10.2. The Balaban J connectivity index is 1.32. The maximum Gasteiger partial charge on any atom is 0.253 e. The number of furan rings is 1. The molecule has 1 aliphatic heterocycles. The Morgan fingerprint density at radius 1 is 1.11 bits per heavy atom. The second kappa shape index (κ2) is 7.43. The van der Waals surface area contributed by atoms with Crippen LogP contribution in [0.1, 0.15) is 54.0 Å².